The predicted octanol–water partition coefficient (Wildman–Crippen LogP) is 4.06. The van der Waals surface area contributed by atoms with Crippen LogP contribution in [-0.4, -0.2) is 41.6 Å². The van der Waals surface area contributed by atoms with Crippen LogP contribution in [-0.2, 0) is 9.59 Å². The number of hydrogen-bond donors (Lipinski definition) is 1. The van der Waals surface area contributed by atoms with Gasteiger partial charge in [0, 0.05) is 17.6 Å². The summed E-state index contributed by atoms with van der Waals surface area (Å²) in [4.78, 5) is 26.8. The summed E-state index contributed by atoms with van der Waals surface area (Å²) < 4.78 is 10.5. The van der Waals surface area contributed by atoms with E-state index < -0.39 is 0 Å². The molecule has 0 spiro atoms. The molecule has 3 rings (SSSR count). The highest BCUT2D eigenvalue weighted by Gasteiger charge is 2.23. The van der Waals surface area contributed by atoms with Gasteiger partial charge in [-0.2, -0.15) is 0 Å². The monoisotopic (exact) mass is 419 g/mol. The molecule has 156 valence electrons. The van der Waals surface area contributed by atoms with Gasteiger partial charge in [-0.1, -0.05) is 36.0 Å². The second-order valence-electron chi connectivity index (χ2n) is 7.39. The third-order valence-corrected chi connectivity index (χ3v) is 5.21. The fourth-order valence-electron chi connectivity index (χ4n) is 3.48. The highest BCUT2D eigenvalue weighted by molar-refractivity contribution is 6.30. The van der Waals surface area contributed by atoms with Crippen molar-refractivity contribution >= 4 is 29.2 Å². The van der Waals surface area contributed by atoms with E-state index in [0.29, 0.717) is 34.8 Å². The Labute approximate surface area is 175 Å². The first-order valence-corrected chi connectivity index (χ1v) is 10.3. The van der Waals surface area contributed by atoms with Crippen LogP contribution in [0, 0.1) is 12.8 Å². The summed E-state index contributed by atoms with van der Waals surface area (Å²) in [5.74, 6) is 1.38. The van der Waals surface area contributed by atoms with Crippen LogP contribution in [0.4, 0.5) is 5.82 Å². The Morgan fingerprint density at radius 1 is 1.24 bits per heavy atom. The molecule has 0 saturated heterocycles. The molecule has 0 unspecified atom stereocenters. The second-order valence-corrected chi connectivity index (χ2v) is 7.83. The number of nitrogens with one attached hydrogen (secondary N) is 1. The highest BCUT2D eigenvalue weighted by Crippen LogP contribution is 2.24. The fraction of sp³-hybridized carbons (Fsp3) is 0.476. The first-order chi connectivity index (χ1) is 14.0. The smallest absolute Gasteiger partial charge is 0.260 e. The van der Waals surface area contributed by atoms with Gasteiger partial charge >= 0.3 is 0 Å². The zero-order chi connectivity index (χ0) is 20.6. The van der Waals surface area contributed by atoms with Crippen LogP contribution in [0.15, 0.2) is 34.9 Å². The highest BCUT2D eigenvalue weighted by atomic mass is 35.5. The molecule has 1 aliphatic rings. The molecule has 1 saturated carbocycles. The number of nitrogens with zero attached hydrogens (tertiary/aromatic N) is 2. The van der Waals surface area contributed by atoms with Crippen molar-refractivity contribution in [3.05, 3.63) is 41.1 Å². The third kappa shape index (κ3) is 6.78. The van der Waals surface area contributed by atoms with E-state index in [9.17, 15) is 9.59 Å². The molecule has 1 aromatic heterocycles. The molecule has 1 heterocycles. The van der Waals surface area contributed by atoms with Crippen LogP contribution >= 0.6 is 11.6 Å². The summed E-state index contributed by atoms with van der Waals surface area (Å²) in [5, 5.41) is 7.03. The van der Waals surface area contributed by atoms with Gasteiger partial charge in [0.1, 0.15) is 18.1 Å². The topological polar surface area (TPSA) is 84.7 Å². The number of amides is 2. The Kier molecular flexibility index (Phi) is 7.52. The molecule has 0 bridgehead atoms. The van der Waals surface area contributed by atoms with Crippen LogP contribution < -0.4 is 10.1 Å². The van der Waals surface area contributed by atoms with E-state index in [0.717, 1.165) is 12.8 Å². The van der Waals surface area contributed by atoms with Crippen molar-refractivity contribution in [3.8, 4) is 5.75 Å². The van der Waals surface area contributed by atoms with Crippen molar-refractivity contribution < 1.29 is 18.8 Å². The Hall–Kier alpha value is -2.54. The van der Waals surface area contributed by atoms with Gasteiger partial charge in [0.05, 0.1) is 0 Å². The minimum atomic E-state index is -0.311. The Morgan fingerprint density at radius 3 is 2.62 bits per heavy atom. The predicted molar refractivity (Wildman–Crippen MR) is 110 cm³/mol. The third-order valence-electron chi connectivity index (χ3n) is 4.96. The van der Waals surface area contributed by atoms with E-state index in [1.54, 1.807) is 42.2 Å². The van der Waals surface area contributed by atoms with Gasteiger partial charge in [-0.25, -0.2) is 0 Å². The van der Waals surface area contributed by atoms with Gasteiger partial charge in [-0.3, -0.25) is 9.59 Å². The molecule has 1 N–H and O–H groups in total. The minimum Gasteiger partial charge on any atom is -0.484 e. The molecule has 29 heavy (non-hydrogen) atoms. The Morgan fingerprint density at radius 2 is 1.97 bits per heavy atom. The van der Waals surface area contributed by atoms with Crippen molar-refractivity contribution in [2.75, 3.05) is 25.0 Å². The fourth-order valence-corrected chi connectivity index (χ4v) is 3.61. The van der Waals surface area contributed by atoms with Crippen LogP contribution in [0.25, 0.3) is 0 Å². The summed E-state index contributed by atoms with van der Waals surface area (Å²) in [7, 11) is 0. The van der Waals surface area contributed by atoms with Gasteiger partial charge in [0.25, 0.3) is 5.91 Å². The van der Waals surface area contributed by atoms with E-state index >= 15 is 0 Å². The normalized spacial score (nSPS) is 14.4. The second kappa shape index (κ2) is 10.3. The molecule has 0 radical (unpaired) electrons. The van der Waals surface area contributed by atoms with Gasteiger partial charge in [-0.15, -0.1) is 0 Å². The van der Waals surface area contributed by atoms with Crippen LogP contribution in [0.1, 0.15) is 37.9 Å². The lowest BCUT2D eigenvalue weighted by Crippen LogP contribution is -2.43. The number of rotatable bonds is 8. The maximum Gasteiger partial charge on any atom is 0.260 e. The maximum absolute atomic E-state index is 12.8. The number of carbonyl (C=O) groups excluding carboxylic acids is 2. The number of aromatic nitrogens is 1. The summed E-state index contributed by atoms with van der Waals surface area (Å²) in [5.41, 5.74) is 0. The van der Waals surface area contributed by atoms with Crippen molar-refractivity contribution in [1.82, 2.24) is 10.1 Å². The van der Waals surface area contributed by atoms with Crippen molar-refractivity contribution in [2.24, 2.45) is 5.92 Å². The summed E-state index contributed by atoms with van der Waals surface area (Å²) in [6, 6.07) is 8.46. The number of halogens is 1. The number of ether oxygens (including phenoxy) is 1. The zero-order valence-corrected chi connectivity index (χ0v) is 17.3. The van der Waals surface area contributed by atoms with Crippen molar-refractivity contribution in [1.29, 1.82) is 0 Å². The van der Waals surface area contributed by atoms with Crippen LogP contribution in [0.3, 0.4) is 0 Å². The maximum atomic E-state index is 12.8. The first-order valence-electron chi connectivity index (χ1n) is 9.89. The standard InChI is InChI=1S/C21H26ClN3O4/c1-15-11-19(24-29-15)23-20(26)13-25(12-16-5-3-2-4-6-16)21(27)14-28-18-9-7-17(22)8-10-18/h7-11,16H,2-6,12-14H2,1H3,(H,23,24,26). The van der Waals surface area contributed by atoms with Gasteiger partial charge in [-0.05, 0) is 49.9 Å². The lowest BCUT2D eigenvalue weighted by Gasteiger charge is -2.29. The van der Waals surface area contributed by atoms with Crippen molar-refractivity contribution in [2.45, 2.75) is 39.0 Å². The minimum absolute atomic E-state index is 0.0504. The largest absolute Gasteiger partial charge is 0.484 e. The number of aryl methyl sites for hydroxylation is 1. The zero-order valence-electron chi connectivity index (χ0n) is 16.5. The molecule has 2 aromatic rings. The number of benzene rings is 1. The summed E-state index contributed by atoms with van der Waals surface area (Å²) in [6.07, 6.45) is 5.71. The molecule has 0 atom stereocenters. The SMILES string of the molecule is Cc1cc(NC(=O)CN(CC2CCCCC2)C(=O)COc2ccc(Cl)cc2)no1. The molecule has 1 aromatic carbocycles. The molecule has 8 heteroatoms. The molecular weight excluding hydrogens is 394 g/mol. The number of carbonyl (C=O) groups is 2. The molecule has 1 fully saturated rings. The molecule has 7 nitrogen and oxygen atoms in total. The Bertz CT molecular complexity index is 816. The summed E-state index contributed by atoms with van der Waals surface area (Å²) in [6.45, 7) is 2.11. The Balaban J connectivity index is 1.59. The number of hydrogen-bond acceptors (Lipinski definition) is 5. The summed E-state index contributed by atoms with van der Waals surface area (Å²) >= 11 is 5.87. The van der Waals surface area contributed by atoms with Crippen molar-refractivity contribution in [3.63, 3.8) is 0 Å². The first kappa shape index (κ1) is 21.2. The van der Waals surface area contributed by atoms with E-state index in [-0.39, 0.29) is 25.0 Å². The van der Waals surface area contributed by atoms with E-state index in [1.807, 2.05) is 0 Å². The number of anilines is 1. The van der Waals surface area contributed by atoms with E-state index in [2.05, 4.69) is 10.5 Å². The lowest BCUT2D eigenvalue weighted by molar-refractivity contribution is -0.137. The molecule has 0 aliphatic heterocycles. The average Bonchev–Trinajstić information content (AvgIpc) is 3.12. The van der Waals surface area contributed by atoms with E-state index in [1.165, 1.54) is 19.3 Å². The molecule has 2 amide bonds. The van der Waals surface area contributed by atoms with Gasteiger partial charge < -0.3 is 19.5 Å². The molecule has 1 aliphatic carbocycles. The van der Waals surface area contributed by atoms with Crippen LogP contribution in [0.2, 0.25) is 5.02 Å². The average molecular weight is 420 g/mol. The van der Waals surface area contributed by atoms with Gasteiger partial charge in [0.15, 0.2) is 12.4 Å². The lowest BCUT2D eigenvalue weighted by atomic mass is 9.89. The van der Waals surface area contributed by atoms with Gasteiger partial charge in [0.2, 0.25) is 5.91 Å². The molecular formula is C21H26ClN3O4. The van der Waals surface area contributed by atoms with Crippen LogP contribution in [0.5, 0.6) is 5.75 Å². The quantitative estimate of drug-likeness (QED) is 0.697. The van der Waals surface area contributed by atoms with E-state index in [4.69, 9.17) is 20.9 Å².